The second kappa shape index (κ2) is 26.7. The van der Waals surface area contributed by atoms with E-state index in [4.69, 9.17) is 19.6 Å². The van der Waals surface area contributed by atoms with Crippen LogP contribution in [0.4, 0.5) is 0 Å². The van der Waals surface area contributed by atoms with Gasteiger partial charge in [-0.3, -0.25) is 5.41 Å². The molecule has 0 aromatic carbocycles. The first-order chi connectivity index (χ1) is 16.6. The van der Waals surface area contributed by atoms with Gasteiger partial charge in [0.1, 0.15) is 18.4 Å². The first kappa shape index (κ1) is 33.1. The summed E-state index contributed by atoms with van der Waals surface area (Å²) in [5.74, 6) is -0.578. The van der Waals surface area contributed by atoms with E-state index in [1.165, 1.54) is 116 Å². The third-order valence-electron chi connectivity index (χ3n) is 6.25. The molecule has 0 rings (SSSR count). The highest BCUT2D eigenvalue weighted by atomic mass is 16.6. The fourth-order valence-electron chi connectivity index (χ4n) is 3.99. The van der Waals surface area contributed by atoms with Crippen LogP contribution in [0.25, 0.3) is 0 Å². The van der Waals surface area contributed by atoms with Crippen molar-refractivity contribution in [2.24, 2.45) is 0 Å². The summed E-state index contributed by atoms with van der Waals surface area (Å²) in [7, 11) is 0. The van der Waals surface area contributed by atoms with Gasteiger partial charge >= 0.3 is 5.97 Å². The van der Waals surface area contributed by atoms with Crippen molar-refractivity contribution in [2.45, 2.75) is 149 Å². The van der Waals surface area contributed by atoms with Gasteiger partial charge in [-0.05, 0) is 19.8 Å². The second-order valence-corrected chi connectivity index (χ2v) is 9.80. The van der Waals surface area contributed by atoms with E-state index in [0.717, 1.165) is 19.4 Å². The van der Waals surface area contributed by atoms with Crippen molar-refractivity contribution in [3.05, 3.63) is 0 Å². The molecule has 1 atom stereocenters. The molecule has 1 N–H and O–H groups in total. The summed E-state index contributed by atoms with van der Waals surface area (Å²) in [4.78, 5) is 11.6. The van der Waals surface area contributed by atoms with Gasteiger partial charge in [-0.15, -0.1) is 0 Å². The lowest BCUT2D eigenvalue weighted by molar-refractivity contribution is -0.142. The molecule has 0 aromatic heterocycles. The van der Waals surface area contributed by atoms with Gasteiger partial charge in [0.25, 0.3) is 0 Å². The number of unbranched alkanes of at least 4 members (excludes halogenated alkanes) is 17. The zero-order valence-electron chi connectivity index (χ0n) is 23.0. The highest BCUT2D eigenvalue weighted by Crippen LogP contribution is 2.12. The molecule has 0 aromatic rings. The average molecular weight is 484 g/mol. The predicted octanol–water partition coefficient (Wildman–Crippen LogP) is 8.42. The lowest BCUT2D eigenvalue weighted by Gasteiger charge is -2.18. The lowest BCUT2D eigenvalue weighted by atomic mass is 10.1. The van der Waals surface area contributed by atoms with Crippen LogP contribution in [0.1, 0.15) is 143 Å². The molecule has 0 spiro atoms. The van der Waals surface area contributed by atoms with Crippen LogP contribution in [0.15, 0.2) is 0 Å². The molecule has 34 heavy (non-hydrogen) atoms. The van der Waals surface area contributed by atoms with Gasteiger partial charge in [-0.2, -0.15) is 0 Å². The molecule has 0 bridgehead atoms. The fraction of sp³-hybridized carbons (Fsp3) is 0.931. The van der Waals surface area contributed by atoms with Crippen LogP contribution in [0.5, 0.6) is 0 Å². The number of nitrogens with one attached hydrogen (secondary N) is 1. The minimum Gasteiger partial charge on any atom is -0.458 e. The molecule has 0 amide bonds. The van der Waals surface area contributed by atoms with Gasteiger partial charge in [0.2, 0.25) is 0 Å². The van der Waals surface area contributed by atoms with Crippen molar-refractivity contribution in [3.63, 3.8) is 0 Å². The van der Waals surface area contributed by atoms with Crippen molar-refractivity contribution < 1.29 is 19.0 Å². The Balaban J connectivity index is 3.81. The monoisotopic (exact) mass is 483 g/mol. The molecule has 0 aliphatic carbocycles. The number of hydrogen-bond donors (Lipinski definition) is 1. The average Bonchev–Trinajstić information content (AvgIpc) is 2.83. The number of ether oxygens (including phenoxy) is 3. The topological polar surface area (TPSA) is 68.6 Å². The molecule has 5 heteroatoms. The van der Waals surface area contributed by atoms with E-state index in [-0.39, 0.29) is 18.4 Å². The van der Waals surface area contributed by atoms with Crippen LogP contribution >= 0.6 is 0 Å². The van der Waals surface area contributed by atoms with Crippen molar-refractivity contribution >= 4 is 11.7 Å². The number of esters is 1. The number of carbonyl (C=O) groups excluding carboxylic acids is 1. The number of hydrogen-bond acceptors (Lipinski definition) is 5. The normalized spacial score (nSPS) is 12.1. The summed E-state index contributed by atoms with van der Waals surface area (Å²) in [5.41, 5.74) is -0.0799. The Morgan fingerprint density at radius 3 is 1.47 bits per heavy atom. The van der Waals surface area contributed by atoms with Gasteiger partial charge in [0, 0.05) is 13.2 Å². The van der Waals surface area contributed by atoms with Crippen molar-refractivity contribution in [1.82, 2.24) is 0 Å². The van der Waals surface area contributed by atoms with Gasteiger partial charge < -0.3 is 14.2 Å². The summed E-state index contributed by atoms with van der Waals surface area (Å²) < 4.78 is 17.0. The largest absolute Gasteiger partial charge is 0.458 e. The zero-order chi connectivity index (χ0) is 25.1. The van der Waals surface area contributed by atoms with Gasteiger partial charge in [0.05, 0.1) is 6.61 Å². The summed E-state index contributed by atoms with van der Waals surface area (Å²) in [6.07, 6.45) is 24.4. The van der Waals surface area contributed by atoms with Gasteiger partial charge in [-0.25, -0.2) is 4.79 Å². The standard InChI is InChI=1S/C29H57NO4/c1-4-6-8-10-12-13-14-15-16-18-20-22-24-33-28(26-34-29(31)27(3)30)25-32-23-21-19-17-11-9-7-5-2/h28,30H,4-26H2,1-3H3. The van der Waals surface area contributed by atoms with Crippen LogP contribution in [0.2, 0.25) is 0 Å². The van der Waals surface area contributed by atoms with E-state index in [0.29, 0.717) is 13.2 Å². The summed E-state index contributed by atoms with van der Waals surface area (Å²) in [6.45, 7) is 7.95. The smallest absolute Gasteiger partial charge is 0.351 e. The molecule has 0 heterocycles. The quantitative estimate of drug-likeness (QED) is 0.0723. The molecule has 0 fully saturated rings. The minimum absolute atomic E-state index is 0.0799. The molecular weight excluding hydrogens is 426 g/mol. The molecule has 0 saturated carbocycles. The van der Waals surface area contributed by atoms with E-state index in [1.807, 2.05) is 0 Å². The second-order valence-electron chi connectivity index (χ2n) is 9.80. The summed E-state index contributed by atoms with van der Waals surface area (Å²) in [5, 5.41) is 7.38. The maximum absolute atomic E-state index is 11.6. The van der Waals surface area contributed by atoms with E-state index in [1.54, 1.807) is 0 Å². The molecule has 5 nitrogen and oxygen atoms in total. The first-order valence-corrected chi connectivity index (χ1v) is 14.5. The molecule has 0 aliphatic rings. The molecule has 1 unspecified atom stereocenters. The highest BCUT2D eigenvalue weighted by Gasteiger charge is 2.14. The number of rotatable bonds is 27. The Bertz CT molecular complexity index is 455. The predicted molar refractivity (Wildman–Crippen MR) is 144 cm³/mol. The Labute approximate surface area is 211 Å². The first-order valence-electron chi connectivity index (χ1n) is 14.5. The molecule has 0 radical (unpaired) electrons. The SMILES string of the molecule is CCCCCCCCCCCCCCOC(COCCCCCCCCC)COC(=O)C(C)=N. The summed E-state index contributed by atoms with van der Waals surface area (Å²) >= 11 is 0. The van der Waals surface area contributed by atoms with E-state index in [2.05, 4.69) is 13.8 Å². The molecule has 0 saturated heterocycles. The molecule has 0 aliphatic heterocycles. The Morgan fingerprint density at radius 2 is 1.03 bits per heavy atom. The van der Waals surface area contributed by atoms with E-state index in [9.17, 15) is 4.79 Å². The Hall–Kier alpha value is -0.940. The molecule has 202 valence electrons. The van der Waals surface area contributed by atoms with Crippen LogP contribution in [0, 0.1) is 5.41 Å². The Kier molecular flexibility index (Phi) is 25.9. The molecular formula is C29H57NO4. The lowest BCUT2D eigenvalue weighted by Crippen LogP contribution is -2.29. The maximum atomic E-state index is 11.6. The third-order valence-corrected chi connectivity index (χ3v) is 6.25. The number of carbonyl (C=O) groups is 1. The van der Waals surface area contributed by atoms with Crippen LogP contribution in [-0.2, 0) is 19.0 Å². The van der Waals surface area contributed by atoms with Crippen molar-refractivity contribution in [2.75, 3.05) is 26.4 Å². The fourth-order valence-corrected chi connectivity index (χ4v) is 3.99. The van der Waals surface area contributed by atoms with E-state index < -0.39 is 5.97 Å². The Morgan fingerprint density at radius 1 is 0.618 bits per heavy atom. The van der Waals surface area contributed by atoms with Crippen LogP contribution in [-0.4, -0.2) is 44.2 Å². The van der Waals surface area contributed by atoms with Crippen LogP contribution in [0.3, 0.4) is 0 Å². The minimum atomic E-state index is -0.578. The van der Waals surface area contributed by atoms with Crippen molar-refractivity contribution in [1.29, 1.82) is 5.41 Å². The van der Waals surface area contributed by atoms with Gasteiger partial charge in [0.15, 0.2) is 0 Å². The highest BCUT2D eigenvalue weighted by molar-refractivity contribution is 6.33. The zero-order valence-corrected chi connectivity index (χ0v) is 23.0. The van der Waals surface area contributed by atoms with Gasteiger partial charge in [-0.1, -0.05) is 123 Å². The maximum Gasteiger partial charge on any atom is 0.351 e. The third kappa shape index (κ3) is 24.2. The van der Waals surface area contributed by atoms with Crippen LogP contribution < -0.4 is 0 Å². The van der Waals surface area contributed by atoms with E-state index >= 15 is 0 Å². The van der Waals surface area contributed by atoms with Crippen molar-refractivity contribution in [3.8, 4) is 0 Å². The summed E-state index contributed by atoms with van der Waals surface area (Å²) in [6, 6.07) is 0.